The summed E-state index contributed by atoms with van der Waals surface area (Å²) in [6.07, 6.45) is 6.35. The number of fused-ring (bicyclic) bond motifs is 2. The average molecular weight is 287 g/mol. The Morgan fingerprint density at radius 1 is 1.29 bits per heavy atom. The highest BCUT2D eigenvalue weighted by atomic mass is 16.5. The molecule has 2 N–H and O–H groups in total. The second kappa shape index (κ2) is 5.60. The fourth-order valence-corrected chi connectivity index (χ4v) is 3.13. The molecule has 3 unspecified atom stereocenters. The zero-order valence-corrected chi connectivity index (χ0v) is 11.5. The quantitative estimate of drug-likeness (QED) is 0.815. The molecule has 21 heavy (non-hydrogen) atoms. The van der Waals surface area contributed by atoms with Crippen molar-refractivity contribution in [2.24, 2.45) is 17.8 Å². The van der Waals surface area contributed by atoms with Crippen molar-refractivity contribution in [3.05, 3.63) is 36.4 Å². The van der Waals surface area contributed by atoms with Gasteiger partial charge in [-0.25, -0.2) is 4.79 Å². The zero-order chi connectivity index (χ0) is 14.8. The van der Waals surface area contributed by atoms with E-state index in [1.807, 2.05) is 0 Å². The lowest BCUT2D eigenvalue weighted by Crippen LogP contribution is -2.25. The van der Waals surface area contributed by atoms with Crippen LogP contribution in [-0.4, -0.2) is 23.6 Å². The predicted molar refractivity (Wildman–Crippen MR) is 77.0 cm³/mol. The van der Waals surface area contributed by atoms with Crippen LogP contribution in [0.25, 0.3) is 0 Å². The molecule has 1 aromatic rings. The topological polar surface area (TPSA) is 75.6 Å². The second-order valence-electron chi connectivity index (χ2n) is 5.59. The lowest BCUT2D eigenvalue weighted by atomic mass is 9.93. The maximum Gasteiger partial charge on any atom is 0.341 e. The molecule has 1 aromatic carbocycles. The minimum absolute atomic E-state index is 0.0298. The van der Waals surface area contributed by atoms with Crippen LogP contribution in [0.2, 0.25) is 0 Å². The third-order valence-corrected chi connectivity index (χ3v) is 4.08. The maximum atomic E-state index is 12.3. The molecule has 0 radical (unpaired) electrons. The van der Waals surface area contributed by atoms with Gasteiger partial charge in [0.05, 0.1) is 0 Å². The van der Waals surface area contributed by atoms with Gasteiger partial charge < -0.3 is 15.2 Å². The first-order valence-corrected chi connectivity index (χ1v) is 7.05. The summed E-state index contributed by atoms with van der Waals surface area (Å²) in [7, 11) is 0. The Kier molecular flexibility index (Phi) is 3.64. The van der Waals surface area contributed by atoms with E-state index < -0.39 is 12.6 Å². The van der Waals surface area contributed by atoms with Crippen molar-refractivity contribution in [1.82, 2.24) is 0 Å². The summed E-state index contributed by atoms with van der Waals surface area (Å²) in [5.41, 5.74) is 0.634. The summed E-state index contributed by atoms with van der Waals surface area (Å²) >= 11 is 0. The van der Waals surface area contributed by atoms with Gasteiger partial charge in [0.2, 0.25) is 5.91 Å². The van der Waals surface area contributed by atoms with Crippen molar-refractivity contribution >= 4 is 17.6 Å². The molecule has 0 spiro atoms. The Balaban J connectivity index is 1.62. The lowest BCUT2D eigenvalue weighted by molar-refractivity contribution is -0.139. The van der Waals surface area contributed by atoms with E-state index in [0.29, 0.717) is 23.3 Å². The lowest BCUT2D eigenvalue weighted by Gasteiger charge is -2.17. The van der Waals surface area contributed by atoms with Crippen molar-refractivity contribution in [3.63, 3.8) is 0 Å². The number of ether oxygens (including phenoxy) is 1. The largest absolute Gasteiger partial charge is 0.482 e. The first-order valence-electron chi connectivity index (χ1n) is 7.05. The van der Waals surface area contributed by atoms with Crippen LogP contribution >= 0.6 is 0 Å². The van der Waals surface area contributed by atoms with Gasteiger partial charge in [-0.1, -0.05) is 18.2 Å². The van der Waals surface area contributed by atoms with E-state index in [-0.39, 0.29) is 11.8 Å². The SMILES string of the molecule is O=C(O)COc1cccc(NC(=O)C2CC3C=CC2C3)c1. The molecule has 0 aromatic heterocycles. The van der Waals surface area contributed by atoms with Crippen molar-refractivity contribution in [2.75, 3.05) is 11.9 Å². The number of hydrogen-bond donors (Lipinski definition) is 2. The monoisotopic (exact) mass is 287 g/mol. The number of rotatable bonds is 5. The van der Waals surface area contributed by atoms with Crippen LogP contribution in [0.3, 0.4) is 0 Å². The van der Waals surface area contributed by atoms with Gasteiger partial charge >= 0.3 is 5.97 Å². The molecule has 5 nitrogen and oxygen atoms in total. The van der Waals surface area contributed by atoms with Crippen LogP contribution < -0.4 is 10.1 Å². The third-order valence-electron chi connectivity index (χ3n) is 4.08. The molecule has 0 saturated heterocycles. The number of carbonyl (C=O) groups excluding carboxylic acids is 1. The number of carbonyl (C=O) groups is 2. The van der Waals surface area contributed by atoms with Crippen LogP contribution in [0.1, 0.15) is 12.8 Å². The molecule has 0 heterocycles. The van der Waals surface area contributed by atoms with E-state index in [0.717, 1.165) is 12.8 Å². The highest BCUT2D eigenvalue weighted by Crippen LogP contribution is 2.43. The molecule has 1 amide bonds. The van der Waals surface area contributed by atoms with Gasteiger partial charge in [0.15, 0.2) is 6.61 Å². The fourth-order valence-electron chi connectivity index (χ4n) is 3.13. The molecular formula is C16H17NO4. The molecule has 110 valence electrons. The van der Waals surface area contributed by atoms with E-state index in [1.54, 1.807) is 24.3 Å². The van der Waals surface area contributed by atoms with Crippen molar-refractivity contribution in [2.45, 2.75) is 12.8 Å². The number of hydrogen-bond acceptors (Lipinski definition) is 3. The number of benzene rings is 1. The molecule has 1 fully saturated rings. The molecule has 0 aliphatic heterocycles. The highest BCUT2D eigenvalue weighted by Gasteiger charge is 2.39. The number of aliphatic carboxylic acids is 1. The van der Waals surface area contributed by atoms with E-state index >= 15 is 0 Å². The Bertz CT molecular complexity index is 596. The van der Waals surface area contributed by atoms with Gasteiger partial charge in [-0.15, -0.1) is 0 Å². The second-order valence-corrected chi connectivity index (χ2v) is 5.59. The Morgan fingerprint density at radius 2 is 2.14 bits per heavy atom. The number of carboxylic acids is 1. The molecule has 1 saturated carbocycles. The van der Waals surface area contributed by atoms with Gasteiger partial charge in [0.1, 0.15) is 5.75 Å². The van der Waals surface area contributed by atoms with Crippen molar-refractivity contribution in [1.29, 1.82) is 0 Å². The van der Waals surface area contributed by atoms with E-state index in [1.165, 1.54) is 0 Å². The Hall–Kier alpha value is -2.30. The van der Waals surface area contributed by atoms with Gasteiger partial charge in [-0.2, -0.15) is 0 Å². The molecular weight excluding hydrogens is 270 g/mol. The van der Waals surface area contributed by atoms with Gasteiger partial charge in [-0.3, -0.25) is 4.79 Å². The maximum absolute atomic E-state index is 12.3. The first-order chi connectivity index (χ1) is 10.1. The van der Waals surface area contributed by atoms with Crippen LogP contribution in [-0.2, 0) is 9.59 Å². The van der Waals surface area contributed by atoms with E-state index in [2.05, 4.69) is 17.5 Å². The number of allylic oxidation sites excluding steroid dienone is 2. The Morgan fingerprint density at radius 3 is 2.81 bits per heavy atom. The summed E-state index contributed by atoms with van der Waals surface area (Å²) in [5, 5.41) is 11.5. The number of nitrogens with one attached hydrogen (secondary N) is 1. The molecule has 2 aliphatic rings. The molecule has 2 aliphatic carbocycles. The zero-order valence-electron chi connectivity index (χ0n) is 11.5. The standard InChI is InChI=1S/C16H17NO4/c18-15(19)9-21-13-3-1-2-12(8-13)17-16(20)14-7-10-4-5-11(14)6-10/h1-5,8,10-11,14H,6-7,9H2,(H,17,20)(H,18,19). The smallest absolute Gasteiger partial charge is 0.341 e. The van der Waals surface area contributed by atoms with Gasteiger partial charge in [0, 0.05) is 17.7 Å². The molecule has 2 bridgehead atoms. The summed E-state index contributed by atoms with van der Waals surface area (Å²) < 4.78 is 5.10. The first kappa shape index (κ1) is 13.7. The summed E-state index contributed by atoms with van der Waals surface area (Å²) in [6.45, 7) is -0.394. The molecule has 5 heteroatoms. The van der Waals surface area contributed by atoms with E-state index in [4.69, 9.17) is 9.84 Å². The van der Waals surface area contributed by atoms with Crippen molar-refractivity contribution in [3.8, 4) is 5.75 Å². The normalized spacial score (nSPS) is 25.8. The van der Waals surface area contributed by atoms with Gasteiger partial charge in [-0.05, 0) is 36.8 Å². The summed E-state index contributed by atoms with van der Waals surface area (Å²) in [4.78, 5) is 22.8. The van der Waals surface area contributed by atoms with Gasteiger partial charge in [0.25, 0.3) is 0 Å². The molecule has 3 rings (SSSR count). The van der Waals surface area contributed by atoms with Crippen LogP contribution in [0.5, 0.6) is 5.75 Å². The number of anilines is 1. The predicted octanol–water partition coefficient (Wildman–Crippen LogP) is 2.30. The average Bonchev–Trinajstić information content (AvgIpc) is 3.08. The van der Waals surface area contributed by atoms with E-state index in [9.17, 15) is 9.59 Å². The third kappa shape index (κ3) is 3.07. The van der Waals surface area contributed by atoms with Crippen LogP contribution in [0, 0.1) is 17.8 Å². The minimum atomic E-state index is -1.03. The molecule has 3 atom stereocenters. The summed E-state index contributed by atoms with van der Waals surface area (Å²) in [6, 6.07) is 6.81. The summed E-state index contributed by atoms with van der Waals surface area (Å²) in [5.74, 6) is 0.393. The fraction of sp³-hybridized carbons (Fsp3) is 0.375. The highest BCUT2D eigenvalue weighted by molar-refractivity contribution is 5.93. The van der Waals surface area contributed by atoms with Crippen LogP contribution in [0.4, 0.5) is 5.69 Å². The number of amides is 1. The Labute approximate surface area is 122 Å². The number of carboxylic acid groups (broad SMARTS) is 1. The van der Waals surface area contributed by atoms with Crippen molar-refractivity contribution < 1.29 is 19.4 Å². The minimum Gasteiger partial charge on any atom is -0.482 e. The van der Waals surface area contributed by atoms with Crippen LogP contribution in [0.15, 0.2) is 36.4 Å².